The van der Waals surface area contributed by atoms with Crippen molar-refractivity contribution < 1.29 is 33.3 Å². The highest BCUT2D eigenvalue weighted by Gasteiger charge is 2.62. The van der Waals surface area contributed by atoms with Gasteiger partial charge < -0.3 is 28.8 Å². The lowest BCUT2D eigenvalue weighted by Gasteiger charge is -2.52. The molecule has 1 N–H and O–H groups in total. The predicted molar refractivity (Wildman–Crippen MR) is 200 cm³/mol. The molecule has 3 heterocycles. The fraction of sp³-hybridized carbons (Fsp3) is 0.564. The minimum Gasteiger partial charge on any atom is -0.466 e. The summed E-state index contributed by atoms with van der Waals surface area (Å²) in [5.41, 5.74) is 2.28. The number of nitrogens with zero attached hydrogens (tertiary/aromatic N) is 3. The third-order valence-corrected chi connectivity index (χ3v) is 11.6. The van der Waals surface area contributed by atoms with Crippen LogP contribution in [0.15, 0.2) is 42.6 Å². The topological polar surface area (TPSA) is 112 Å². The van der Waals surface area contributed by atoms with Crippen molar-refractivity contribution in [1.29, 1.82) is 0 Å². The zero-order chi connectivity index (χ0) is 37.2. The molecule has 1 aromatic heterocycles. The summed E-state index contributed by atoms with van der Waals surface area (Å²) in [5, 5.41) is 4.28. The molecule has 0 bridgehead atoms. The first kappa shape index (κ1) is 38.7. The first-order chi connectivity index (χ1) is 25.0. The minimum absolute atomic E-state index is 0.0981. The van der Waals surface area contributed by atoms with Crippen LogP contribution in [0.1, 0.15) is 74.7 Å². The maximum Gasteiger partial charge on any atom is 0.308 e. The number of Topliss-reactive ketones (excluding diaryl/α,β-unsaturated/α-hetero) is 1. The van der Waals surface area contributed by atoms with E-state index < -0.39 is 11.8 Å². The Morgan fingerprint density at radius 1 is 1.00 bits per heavy atom. The molecule has 6 rings (SSSR count). The monoisotopic (exact) mass is 756 g/mol. The quantitative estimate of drug-likeness (QED) is 0.145. The molecule has 2 aliphatic heterocycles. The molecule has 2 atom stereocenters. The lowest BCUT2D eigenvalue weighted by atomic mass is 9.87. The number of aromatic nitrogens is 1. The molecule has 1 aliphatic carbocycles. The van der Waals surface area contributed by atoms with E-state index in [1.807, 2.05) is 47.7 Å². The van der Waals surface area contributed by atoms with Crippen molar-refractivity contribution >= 4 is 57.5 Å². The SMILES string of the molecule is CCOC(=O)C1CCC(OC(C(=O)Cc2cc(Cl)c(NC(=O)c3cn(C)c4ccccc34)cc2Cl)(N2CCCC2)N2CC(C)CC2(OC)OC)CC1. The highest BCUT2D eigenvalue weighted by molar-refractivity contribution is 6.36. The first-order valence-electron chi connectivity index (χ1n) is 18.3. The van der Waals surface area contributed by atoms with Crippen molar-refractivity contribution in [2.45, 2.75) is 83.1 Å². The summed E-state index contributed by atoms with van der Waals surface area (Å²) in [6.07, 6.45) is 6.14. The van der Waals surface area contributed by atoms with Gasteiger partial charge in [0.15, 0.2) is 5.78 Å². The number of likely N-dealkylation sites (tertiary alicyclic amines) is 2. The van der Waals surface area contributed by atoms with Crippen LogP contribution in [-0.4, -0.2) is 90.4 Å². The number of hydrogen-bond donors (Lipinski definition) is 1. The van der Waals surface area contributed by atoms with Gasteiger partial charge in [-0.05, 0) is 75.1 Å². The number of nitrogens with one attached hydrogen (secondary N) is 1. The number of aryl methyl sites for hydroxylation is 1. The van der Waals surface area contributed by atoms with Crippen molar-refractivity contribution in [1.82, 2.24) is 14.4 Å². The molecule has 0 radical (unpaired) electrons. The van der Waals surface area contributed by atoms with E-state index in [-0.39, 0.29) is 52.1 Å². The molecule has 2 aromatic carbocycles. The summed E-state index contributed by atoms with van der Waals surface area (Å²) < 4.78 is 26.6. The Hall–Kier alpha value is -3.03. The van der Waals surface area contributed by atoms with Crippen LogP contribution in [0, 0.1) is 11.8 Å². The van der Waals surface area contributed by atoms with E-state index in [2.05, 4.69) is 17.1 Å². The summed E-state index contributed by atoms with van der Waals surface area (Å²) in [7, 11) is 5.08. The van der Waals surface area contributed by atoms with Gasteiger partial charge in [-0.25, -0.2) is 4.90 Å². The number of ketones is 1. The molecule has 13 heteroatoms. The largest absolute Gasteiger partial charge is 0.466 e. The van der Waals surface area contributed by atoms with E-state index in [4.69, 9.17) is 42.1 Å². The minimum atomic E-state index is -1.55. The molecule has 0 spiro atoms. The van der Waals surface area contributed by atoms with E-state index in [0.29, 0.717) is 75.2 Å². The van der Waals surface area contributed by atoms with Crippen molar-refractivity contribution in [3.8, 4) is 0 Å². The predicted octanol–water partition coefficient (Wildman–Crippen LogP) is 7.03. The van der Waals surface area contributed by atoms with Crippen LogP contribution < -0.4 is 5.32 Å². The lowest BCUT2D eigenvalue weighted by molar-refractivity contribution is -0.364. The van der Waals surface area contributed by atoms with Gasteiger partial charge in [0.05, 0.1) is 34.9 Å². The molecule has 2 unspecified atom stereocenters. The second-order valence-electron chi connectivity index (χ2n) is 14.3. The second kappa shape index (κ2) is 16.1. The van der Waals surface area contributed by atoms with Gasteiger partial charge in [-0.3, -0.25) is 19.3 Å². The van der Waals surface area contributed by atoms with Gasteiger partial charge in [-0.1, -0.05) is 48.3 Å². The zero-order valence-corrected chi connectivity index (χ0v) is 32.2. The molecule has 2 saturated heterocycles. The van der Waals surface area contributed by atoms with E-state index in [1.54, 1.807) is 32.5 Å². The number of benzene rings is 2. The molecule has 1 amide bonds. The van der Waals surface area contributed by atoms with Gasteiger partial charge in [-0.15, -0.1) is 0 Å². The Labute approximate surface area is 315 Å². The molecule has 3 fully saturated rings. The van der Waals surface area contributed by atoms with Crippen molar-refractivity contribution in [2.75, 3.05) is 45.8 Å². The number of halogens is 2. The maximum atomic E-state index is 15.2. The molecular formula is C39H50Cl2N4O7. The summed E-state index contributed by atoms with van der Waals surface area (Å²) >= 11 is 13.7. The Morgan fingerprint density at radius 3 is 2.37 bits per heavy atom. The van der Waals surface area contributed by atoms with E-state index in [0.717, 1.165) is 23.7 Å². The molecule has 3 aliphatic rings. The second-order valence-corrected chi connectivity index (χ2v) is 15.1. The fourth-order valence-corrected chi connectivity index (χ4v) is 8.81. The number of hydrogen-bond acceptors (Lipinski definition) is 9. The molecule has 11 nitrogen and oxygen atoms in total. The van der Waals surface area contributed by atoms with Crippen LogP contribution in [0.5, 0.6) is 0 Å². The lowest BCUT2D eigenvalue weighted by Crippen LogP contribution is -2.72. The van der Waals surface area contributed by atoms with Gasteiger partial charge in [0.1, 0.15) is 0 Å². The number of amides is 1. The molecule has 3 aromatic rings. The smallest absolute Gasteiger partial charge is 0.308 e. The molecular weight excluding hydrogens is 707 g/mol. The molecule has 52 heavy (non-hydrogen) atoms. The Bertz CT molecular complexity index is 1780. The maximum absolute atomic E-state index is 15.2. The highest BCUT2D eigenvalue weighted by Crippen LogP contribution is 2.46. The van der Waals surface area contributed by atoms with E-state index >= 15 is 4.79 Å². The standard InChI is InChI=1S/C39H50Cl2N4O7/c1-6-51-37(48)26-13-15-28(16-14-26)52-39(44-17-9-10-18-44,45-23-25(2)22-38(45,49-4)50-5)35(46)20-27-19-32(41)33(21-31(27)40)42-36(47)30-24-43(3)34-12-8-7-11-29(30)34/h7-8,11-12,19,21,24-26,28H,6,9-10,13-18,20,22-23H2,1-5H3,(H,42,47). The number of carbonyl (C=O) groups excluding carboxylic acids is 3. The molecule has 1 saturated carbocycles. The van der Waals surface area contributed by atoms with Gasteiger partial charge in [-0.2, -0.15) is 0 Å². The Kier molecular flexibility index (Phi) is 12.0. The summed E-state index contributed by atoms with van der Waals surface area (Å²) in [6, 6.07) is 10.9. The van der Waals surface area contributed by atoms with Crippen LogP contribution in [0.3, 0.4) is 0 Å². The van der Waals surface area contributed by atoms with Crippen LogP contribution >= 0.6 is 23.2 Å². The van der Waals surface area contributed by atoms with Crippen LogP contribution in [0.4, 0.5) is 5.69 Å². The average Bonchev–Trinajstić information content (AvgIpc) is 3.88. The van der Waals surface area contributed by atoms with E-state index in [1.165, 1.54) is 0 Å². The Balaban J connectivity index is 1.32. The number of para-hydroxylation sites is 1. The first-order valence-corrected chi connectivity index (χ1v) is 19.1. The van der Waals surface area contributed by atoms with Gasteiger partial charge in [0.25, 0.3) is 5.91 Å². The number of esters is 1. The number of ether oxygens (including phenoxy) is 4. The van der Waals surface area contributed by atoms with Crippen molar-refractivity contribution in [3.05, 3.63) is 63.8 Å². The third-order valence-electron chi connectivity index (χ3n) is 10.9. The van der Waals surface area contributed by atoms with Gasteiger partial charge in [0, 0.05) is 75.9 Å². The fourth-order valence-electron chi connectivity index (χ4n) is 8.34. The normalized spacial score (nSPS) is 23.5. The zero-order valence-electron chi connectivity index (χ0n) is 30.7. The number of carbonyl (C=O) groups is 3. The van der Waals surface area contributed by atoms with Crippen molar-refractivity contribution in [3.63, 3.8) is 0 Å². The number of fused-ring (bicyclic) bond motifs is 1. The average molecular weight is 758 g/mol. The number of anilines is 1. The van der Waals surface area contributed by atoms with Crippen LogP contribution in [0.25, 0.3) is 10.9 Å². The van der Waals surface area contributed by atoms with E-state index in [9.17, 15) is 9.59 Å². The molecule has 282 valence electrons. The summed E-state index contributed by atoms with van der Waals surface area (Å²) in [6.45, 7) is 6.05. The van der Waals surface area contributed by atoms with Crippen LogP contribution in [0.2, 0.25) is 10.0 Å². The van der Waals surface area contributed by atoms with Gasteiger partial charge in [0.2, 0.25) is 11.8 Å². The number of rotatable bonds is 13. The Morgan fingerprint density at radius 2 is 1.69 bits per heavy atom. The van der Waals surface area contributed by atoms with Crippen molar-refractivity contribution in [2.24, 2.45) is 18.9 Å². The van der Waals surface area contributed by atoms with Crippen LogP contribution in [-0.2, 0) is 42.0 Å². The third kappa shape index (κ3) is 7.38. The number of methoxy groups -OCH3 is 2. The van der Waals surface area contributed by atoms with Gasteiger partial charge >= 0.3 is 5.97 Å². The summed E-state index contributed by atoms with van der Waals surface area (Å²) in [4.78, 5) is 45.3. The highest BCUT2D eigenvalue weighted by atomic mass is 35.5. The summed E-state index contributed by atoms with van der Waals surface area (Å²) in [5.74, 6) is -3.54.